The quantitative estimate of drug-likeness (QED) is 0.816. The number of benzene rings is 1. The molecule has 0 fully saturated rings. The summed E-state index contributed by atoms with van der Waals surface area (Å²) in [5.74, 6) is 0.867. The van der Waals surface area contributed by atoms with Crippen molar-refractivity contribution < 1.29 is 4.74 Å². The average molecular weight is 234 g/mol. The normalized spacial score (nSPS) is 10.2. The Morgan fingerprint density at radius 2 is 1.88 bits per heavy atom. The molecule has 3 nitrogen and oxygen atoms in total. The first kappa shape index (κ1) is 11.0. The summed E-state index contributed by atoms with van der Waals surface area (Å²) in [5, 5.41) is 3.09. The molecule has 84 valence electrons. The molecule has 0 aliphatic rings. The van der Waals surface area contributed by atoms with E-state index in [1.807, 2.05) is 43.3 Å². The van der Waals surface area contributed by atoms with Crippen molar-refractivity contribution in [1.29, 1.82) is 0 Å². The second-order valence-corrected chi connectivity index (χ2v) is 4.47. The van der Waals surface area contributed by atoms with Crippen LogP contribution in [0.5, 0.6) is 5.75 Å². The number of methoxy groups -OCH3 is 1. The largest absolute Gasteiger partial charge is 0.497 e. The number of nitrogens with zero attached hydrogens (tertiary/aromatic N) is 2. The zero-order valence-electron chi connectivity index (χ0n) is 9.60. The molecule has 0 bridgehead atoms. The molecule has 0 aliphatic carbocycles. The Balaban J connectivity index is 2.28. The van der Waals surface area contributed by atoms with Crippen LogP contribution in [0, 0.1) is 0 Å². The van der Waals surface area contributed by atoms with Gasteiger partial charge in [-0.05, 0) is 24.3 Å². The lowest BCUT2D eigenvalue weighted by molar-refractivity contribution is 0.415. The van der Waals surface area contributed by atoms with Crippen molar-refractivity contribution in [1.82, 2.24) is 4.98 Å². The molecule has 0 N–H and O–H groups in total. The molecule has 0 radical (unpaired) electrons. The van der Waals surface area contributed by atoms with Gasteiger partial charge in [0.25, 0.3) is 0 Å². The predicted molar refractivity (Wildman–Crippen MR) is 68.4 cm³/mol. The summed E-state index contributed by atoms with van der Waals surface area (Å²) in [5.41, 5.74) is 2.13. The molecule has 0 saturated carbocycles. The number of hydrogen-bond donors (Lipinski definition) is 0. The van der Waals surface area contributed by atoms with Crippen LogP contribution in [-0.2, 0) is 0 Å². The maximum Gasteiger partial charge on any atom is 0.185 e. The second kappa shape index (κ2) is 4.53. The maximum atomic E-state index is 5.12. The van der Waals surface area contributed by atoms with Gasteiger partial charge in [-0.25, -0.2) is 4.98 Å². The van der Waals surface area contributed by atoms with Crippen LogP contribution < -0.4 is 9.64 Å². The molecule has 2 rings (SSSR count). The third-order valence-electron chi connectivity index (χ3n) is 2.26. The molecule has 1 aromatic heterocycles. The van der Waals surface area contributed by atoms with Crippen LogP contribution in [0.1, 0.15) is 0 Å². The first-order chi connectivity index (χ1) is 7.70. The molecule has 0 amide bonds. The van der Waals surface area contributed by atoms with E-state index in [0.717, 1.165) is 22.1 Å². The maximum absolute atomic E-state index is 5.12. The molecule has 4 heteroatoms. The zero-order chi connectivity index (χ0) is 11.5. The van der Waals surface area contributed by atoms with Crippen molar-refractivity contribution >= 4 is 16.5 Å². The lowest BCUT2D eigenvalue weighted by atomic mass is 10.2. The molecule has 0 spiro atoms. The van der Waals surface area contributed by atoms with E-state index in [2.05, 4.69) is 10.4 Å². The highest BCUT2D eigenvalue weighted by molar-refractivity contribution is 7.14. The number of rotatable bonds is 3. The minimum atomic E-state index is 0.867. The number of ether oxygens (including phenoxy) is 1. The van der Waals surface area contributed by atoms with Crippen LogP contribution in [0.15, 0.2) is 29.6 Å². The van der Waals surface area contributed by atoms with Crippen LogP contribution in [0.25, 0.3) is 11.3 Å². The Labute approximate surface area is 99.3 Å². The molecule has 1 heterocycles. The lowest BCUT2D eigenvalue weighted by Gasteiger charge is -2.05. The Morgan fingerprint density at radius 3 is 2.38 bits per heavy atom. The molecule has 0 saturated heterocycles. The number of aromatic nitrogens is 1. The summed E-state index contributed by atoms with van der Waals surface area (Å²) in [6.45, 7) is 0. The molecular formula is C12H14N2OS. The van der Waals surface area contributed by atoms with Gasteiger partial charge in [0.1, 0.15) is 5.75 Å². The summed E-state index contributed by atoms with van der Waals surface area (Å²) in [4.78, 5) is 6.55. The fraction of sp³-hybridized carbons (Fsp3) is 0.250. The van der Waals surface area contributed by atoms with E-state index < -0.39 is 0 Å². The Bertz CT molecular complexity index is 462. The highest BCUT2D eigenvalue weighted by Gasteiger charge is 2.05. The third kappa shape index (κ3) is 2.17. The first-order valence-electron chi connectivity index (χ1n) is 4.98. The standard InChI is InChI=1S/C12H14N2OS/c1-14(2)12-13-11(8-16-12)9-4-6-10(15-3)7-5-9/h4-8H,1-3H3. The fourth-order valence-electron chi connectivity index (χ4n) is 1.36. The van der Waals surface area contributed by atoms with Crippen molar-refractivity contribution in [2.45, 2.75) is 0 Å². The summed E-state index contributed by atoms with van der Waals surface area (Å²) in [6, 6.07) is 7.94. The summed E-state index contributed by atoms with van der Waals surface area (Å²) in [6.07, 6.45) is 0. The van der Waals surface area contributed by atoms with Gasteiger partial charge in [-0.2, -0.15) is 0 Å². The number of anilines is 1. The van der Waals surface area contributed by atoms with Crippen molar-refractivity contribution in [3.63, 3.8) is 0 Å². The monoisotopic (exact) mass is 234 g/mol. The molecule has 0 unspecified atom stereocenters. The lowest BCUT2D eigenvalue weighted by Crippen LogP contribution is -2.07. The van der Waals surface area contributed by atoms with Gasteiger partial charge < -0.3 is 9.64 Å². The van der Waals surface area contributed by atoms with E-state index >= 15 is 0 Å². The predicted octanol–water partition coefficient (Wildman–Crippen LogP) is 2.88. The van der Waals surface area contributed by atoms with Gasteiger partial charge in [-0.3, -0.25) is 0 Å². The SMILES string of the molecule is COc1ccc(-c2csc(N(C)C)n2)cc1. The van der Waals surface area contributed by atoms with Gasteiger partial charge >= 0.3 is 0 Å². The first-order valence-corrected chi connectivity index (χ1v) is 5.86. The van der Waals surface area contributed by atoms with Crippen LogP contribution in [0.4, 0.5) is 5.13 Å². The van der Waals surface area contributed by atoms with Crippen LogP contribution in [-0.4, -0.2) is 26.2 Å². The van der Waals surface area contributed by atoms with E-state index in [0.29, 0.717) is 0 Å². The Hall–Kier alpha value is -1.55. The Morgan fingerprint density at radius 1 is 1.19 bits per heavy atom. The van der Waals surface area contributed by atoms with Gasteiger partial charge in [-0.1, -0.05) is 0 Å². The molecule has 16 heavy (non-hydrogen) atoms. The third-order valence-corrected chi connectivity index (χ3v) is 3.27. The molecule has 0 aliphatic heterocycles. The van der Waals surface area contributed by atoms with Gasteiger partial charge in [0.05, 0.1) is 12.8 Å². The van der Waals surface area contributed by atoms with Gasteiger partial charge in [0, 0.05) is 25.0 Å². The second-order valence-electron chi connectivity index (χ2n) is 3.64. The fourth-order valence-corrected chi connectivity index (χ4v) is 2.13. The summed E-state index contributed by atoms with van der Waals surface area (Å²) < 4.78 is 5.12. The van der Waals surface area contributed by atoms with Crippen molar-refractivity contribution in [2.24, 2.45) is 0 Å². The van der Waals surface area contributed by atoms with E-state index in [4.69, 9.17) is 4.74 Å². The highest BCUT2D eigenvalue weighted by Crippen LogP contribution is 2.27. The van der Waals surface area contributed by atoms with Crippen molar-refractivity contribution in [3.8, 4) is 17.0 Å². The van der Waals surface area contributed by atoms with Crippen LogP contribution in [0.2, 0.25) is 0 Å². The highest BCUT2D eigenvalue weighted by atomic mass is 32.1. The number of hydrogen-bond acceptors (Lipinski definition) is 4. The Kier molecular flexibility index (Phi) is 3.10. The molecule has 1 aromatic carbocycles. The van der Waals surface area contributed by atoms with Crippen molar-refractivity contribution in [2.75, 3.05) is 26.1 Å². The molecule has 2 aromatic rings. The minimum absolute atomic E-state index is 0.867. The van der Waals surface area contributed by atoms with E-state index in [9.17, 15) is 0 Å². The average Bonchev–Trinajstić information content (AvgIpc) is 2.78. The zero-order valence-corrected chi connectivity index (χ0v) is 10.4. The van der Waals surface area contributed by atoms with Crippen LogP contribution >= 0.6 is 11.3 Å². The van der Waals surface area contributed by atoms with E-state index in [1.54, 1.807) is 18.4 Å². The smallest absolute Gasteiger partial charge is 0.185 e. The van der Waals surface area contributed by atoms with Crippen LogP contribution in [0.3, 0.4) is 0 Å². The van der Waals surface area contributed by atoms with Crippen molar-refractivity contribution in [3.05, 3.63) is 29.6 Å². The minimum Gasteiger partial charge on any atom is -0.497 e. The topological polar surface area (TPSA) is 25.4 Å². The summed E-state index contributed by atoms with van der Waals surface area (Å²) in [7, 11) is 5.66. The van der Waals surface area contributed by atoms with Gasteiger partial charge in [0.2, 0.25) is 0 Å². The summed E-state index contributed by atoms with van der Waals surface area (Å²) >= 11 is 1.65. The van der Waals surface area contributed by atoms with E-state index in [1.165, 1.54) is 0 Å². The molecular weight excluding hydrogens is 220 g/mol. The van der Waals surface area contributed by atoms with Gasteiger partial charge in [-0.15, -0.1) is 11.3 Å². The van der Waals surface area contributed by atoms with Gasteiger partial charge in [0.15, 0.2) is 5.13 Å². The molecule has 0 atom stereocenters. The van der Waals surface area contributed by atoms with E-state index in [-0.39, 0.29) is 0 Å². The number of thiazole rings is 1.